The third-order valence-corrected chi connectivity index (χ3v) is 4.45. The van der Waals surface area contributed by atoms with Gasteiger partial charge in [-0.15, -0.1) is 0 Å². The van der Waals surface area contributed by atoms with Gasteiger partial charge in [-0.05, 0) is 43.6 Å². The third kappa shape index (κ3) is 5.17. The summed E-state index contributed by atoms with van der Waals surface area (Å²) in [5, 5.41) is 3.33. The first-order valence-corrected chi connectivity index (χ1v) is 8.26. The van der Waals surface area contributed by atoms with Crippen LogP contribution in [0.4, 0.5) is 0 Å². The number of benzene rings is 1. The fraction of sp³-hybridized carbons (Fsp3) is 0.625. The second-order valence-electron chi connectivity index (χ2n) is 5.47. The predicted octanol–water partition coefficient (Wildman–Crippen LogP) is 3.17. The summed E-state index contributed by atoms with van der Waals surface area (Å²) in [6.45, 7) is 6.55. The van der Waals surface area contributed by atoms with Crippen LogP contribution >= 0.6 is 15.9 Å². The summed E-state index contributed by atoms with van der Waals surface area (Å²) in [5.74, 6) is 0. The molecule has 1 fully saturated rings. The number of rotatable bonds is 9. The molecule has 112 valence electrons. The van der Waals surface area contributed by atoms with E-state index < -0.39 is 0 Å². The molecule has 3 nitrogen and oxygen atoms in total. The van der Waals surface area contributed by atoms with Gasteiger partial charge in [-0.3, -0.25) is 0 Å². The normalized spacial score (nSPS) is 15.0. The van der Waals surface area contributed by atoms with E-state index in [9.17, 15) is 0 Å². The SMILES string of the molecule is CCNCc1ccc(COCCN(C)C2CC2)c(Br)c1. The van der Waals surface area contributed by atoms with Gasteiger partial charge in [0, 0.05) is 23.6 Å². The molecule has 1 aromatic rings. The smallest absolute Gasteiger partial charge is 0.0728 e. The third-order valence-electron chi connectivity index (χ3n) is 3.71. The molecule has 1 aromatic carbocycles. The molecule has 4 heteroatoms. The summed E-state index contributed by atoms with van der Waals surface area (Å²) in [4.78, 5) is 2.40. The van der Waals surface area contributed by atoms with Gasteiger partial charge in [0.05, 0.1) is 13.2 Å². The van der Waals surface area contributed by atoms with E-state index in [-0.39, 0.29) is 0 Å². The van der Waals surface area contributed by atoms with Gasteiger partial charge in [-0.2, -0.15) is 0 Å². The molecule has 0 spiro atoms. The zero-order chi connectivity index (χ0) is 14.4. The highest BCUT2D eigenvalue weighted by Crippen LogP contribution is 2.25. The number of halogens is 1. The van der Waals surface area contributed by atoms with Gasteiger partial charge >= 0.3 is 0 Å². The van der Waals surface area contributed by atoms with Crippen LogP contribution in [0.1, 0.15) is 30.9 Å². The Bertz CT molecular complexity index is 421. The Morgan fingerprint density at radius 3 is 2.85 bits per heavy atom. The molecule has 0 saturated heterocycles. The zero-order valence-electron chi connectivity index (χ0n) is 12.5. The fourth-order valence-electron chi connectivity index (χ4n) is 2.18. The highest BCUT2D eigenvalue weighted by atomic mass is 79.9. The maximum atomic E-state index is 5.78. The van der Waals surface area contributed by atoms with Crippen molar-refractivity contribution < 1.29 is 4.74 Å². The van der Waals surface area contributed by atoms with Crippen LogP contribution in [0.15, 0.2) is 22.7 Å². The van der Waals surface area contributed by atoms with Crippen molar-refractivity contribution in [2.75, 3.05) is 26.7 Å². The molecular formula is C16H25BrN2O. The van der Waals surface area contributed by atoms with Gasteiger partial charge < -0.3 is 15.0 Å². The molecule has 0 radical (unpaired) electrons. The molecular weight excluding hydrogens is 316 g/mol. The Kier molecular flexibility index (Phi) is 6.49. The lowest BCUT2D eigenvalue weighted by Gasteiger charge is -2.15. The minimum Gasteiger partial charge on any atom is -0.375 e. The minimum absolute atomic E-state index is 0.681. The summed E-state index contributed by atoms with van der Waals surface area (Å²) < 4.78 is 6.92. The van der Waals surface area contributed by atoms with Gasteiger partial charge in [-0.25, -0.2) is 0 Å². The Morgan fingerprint density at radius 2 is 2.20 bits per heavy atom. The van der Waals surface area contributed by atoms with Gasteiger partial charge in [0.15, 0.2) is 0 Å². The molecule has 1 saturated carbocycles. The molecule has 2 rings (SSSR count). The molecule has 0 aliphatic heterocycles. The second-order valence-corrected chi connectivity index (χ2v) is 6.32. The van der Waals surface area contributed by atoms with Gasteiger partial charge in [0.1, 0.15) is 0 Å². The van der Waals surface area contributed by atoms with Crippen molar-refractivity contribution in [2.45, 2.75) is 39.0 Å². The number of nitrogens with zero attached hydrogens (tertiary/aromatic N) is 1. The minimum atomic E-state index is 0.681. The predicted molar refractivity (Wildman–Crippen MR) is 86.8 cm³/mol. The number of nitrogens with one attached hydrogen (secondary N) is 1. The lowest BCUT2D eigenvalue weighted by molar-refractivity contribution is 0.0975. The lowest BCUT2D eigenvalue weighted by Crippen LogP contribution is -2.25. The van der Waals surface area contributed by atoms with Gasteiger partial charge in [0.25, 0.3) is 0 Å². The quantitative estimate of drug-likeness (QED) is 0.699. The molecule has 0 atom stereocenters. The van der Waals surface area contributed by atoms with Crippen LogP contribution < -0.4 is 5.32 Å². The molecule has 1 aliphatic carbocycles. The van der Waals surface area contributed by atoms with E-state index in [0.717, 1.165) is 36.8 Å². The Labute approximate surface area is 130 Å². The van der Waals surface area contributed by atoms with Crippen LogP contribution in [0.5, 0.6) is 0 Å². The van der Waals surface area contributed by atoms with Crippen LogP contribution in [-0.4, -0.2) is 37.7 Å². The Hall–Kier alpha value is -0.420. The van der Waals surface area contributed by atoms with E-state index in [0.29, 0.717) is 6.61 Å². The maximum Gasteiger partial charge on any atom is 0.0728 e. The van der Waals surface area contributed by atoms with Crippen LogP contribution in [0, 0.1) is 0 Å². The van der Waals surface area contributed by atoms with Crippen molar-refractivity contribution in [3.05, 3.63) is 33.8 Å². The average Bonchev–Trinajstić information content (AvgIpc) is 3.27. The van der Waals surface area contributed by atoms with Crippen LogP contribution in [-0.2, 0) is 17.9 Å². The summed E-state index contributed by atoms with van der Waals surface area (Å²) in [6, 6.07) is 7.32. The Morgan fingerprint density at radius 1 is 1.40 bits per heavy atom. The van der Waals surface area contributed by atoms with Crippen molar-refractivity contribution in [2.24, 2.45) is 0 Å². The standard InChI is InChI=1S/C16H25BrN2O/c1-3-18-11-13-4-5-14(16(17)10-13)12-20-9-8-19(2)15-6-7-15/h4-5,10,15,18H,3,6-9,11-12H2,1-2H3. The molecule has 0 heterocycles. The molecule has 1 N–H and O–H groups in total. The highest BCUT2D eigenvalue weighted by Gasteiger charge is 2.25. The zero-order valence-corrected chi connectivity index (χ0v) is 14.1. The molecule has 20 heavy (non-hydrogen) atoms. The first-order valence-electron chi connectivity index (χ1n) is 7.46. The Balaban J connectivity index is 1.71. The van der Waals surface area contributed by atoms with Crippen LogP contribution in [0.3, 0.4) is 0 Å². The van der Waals surface area contributed by atoms with Crippen molar-refractivity contribution in [3.8, 4) is 0 Å². The van der Waals surface area contributed by atoms with Crippen molar-refractivity contribution in [1.82, 2.24) is 10.2 Å². The van der Waals surface area contributed by atoms with Crippen LogP contribution in [0.25, 0.3) is 0 Å². The lowest BCUT2D eigenvalue weighted by atomic mass is 10.1. The highest BCUT2D eigenvalue weighted by molar-refractivity contribution is 9.10. The van der Waals surface area contributed by atoms with Gasteiger partial charge in [0.2, 0.25) is 0 Å². The monoisotopic (exact) mass is 340 g/mol. The van der Waals surface area contributed by atoms with E-state index in [1.165, 1.54) is 24.0 Å². The van der Waals surface area contributed by atoms with Crippen LogP contribution in [0.2, 0.25) is 0 Å². The molecule has 0 bridgehead atoms. The summed E-state index contributed by atoms with van der Waals surface area (Å²) in [6.07, 6.45) is 2.71. The van der Waals surface area contributed by atoms with Crippen molar-refractivity contribution in [1.29, 1.82) is 0 Å². The van der Waals surface area contributed by atoms with Crippen molar-refractivity contribution in [3.63, 3.8) is 0 Å². The maximum absolute atomic E-state index is 5.78. The molecule has 0 unspecified atom stereocenters. The number of hydrogen-bond acceptors (Lipinski definition) is 3. The number of likely N-dealkylation sites (N-methyl/N-ethyl adjacent to an activating group) is 1. The van der Waals surface area contributed by atoms with E-state index >= 15 is 0 Å². The fourth-order valence-corrected chi connectivity index (χ4v) is 2.72. The average molecular weight is 341 g/mol. The van der Waals surface area contributed by atoms with E-state index in [4.69, 9.17) is 4.74 Å². The second kappa shape index (κ2) is 8.13. The van der Waals surface area contributed by atoms with E-state index in [1.54, 1.807) is 0 Å². The largest absolute Gasteiger partial charge is 0.375 e. The molecule has 1 aliphatic rings. The summed E-state index contributed by atoms with van der Waals surface area (Å²) in [5.41, 5.74) is 2.52. The number of hydrogen-bond donors (Lipinski definition) is 1. The molecule has 0 amide bonds. The number of ether oxygens (including phenoxy) is 1. The van der Waals surface area contributed by atoms with E-state index in [1.807, 2.05) is 0 Å². The van der Waals surface area contributed by atoms with Gasteiger partial charge in [-0.1, -0.05) is 35.0 Å². The topological polar surface area (TPSA) is 24.5 Å². The summed E-state index contributed by atoms with van der Waals surface area (Å²) >= 11 is 3.64. The summed E-state index contributed by atoms with van der Waals surface area (Å²) in [7, 11) is 2.19. The van der Waals surface area contributed by atoms with E-state index in [2.05, 4.69) is 58.3 Å². The first kappa shape index (κ1) is 16.0. The first-order chi connectivity index (χ1) is 9.70. The molecule has 0 aromatic heterocycles. The van der Waals surface area contributed by atoms with Crippen molar-refractivity contribution >= 4 is 15.9 Å².